The van der Waals surface area contributed by atoms with E-state index in [1.807, 2.05) is 20.0 Å². The van der Waals surface area contributed by atoms with Gasteiger partial charge in [0.15, 0.2) is 0 Å². The maximum absolute atomic E-state index is 12.8. The Kier molecular flexibility index (Phi) is 7.87. The zero-order valence-electron chi connectivity index (χ0n) is 13.6. The second-order valence-corrected chi connectivity index (χ2v) is 8.61. The maximum Gasteiger partial charge on any atom is 0.252 e. The van der Waals surface area contributed by atoms with Gasteiger partial charge in [-0.05, 0) is 38.4 Å². The Labute approximate surface area is 133 Å². The predicted octanol–water partition coefficient (Wildman–Crippen LogP) is 3.37. The summed E-state index contributed by atoms with van der Waals surface area (Å²) in [6, 6.07) is 1.82. The number of thiophene rings is 1. The van der Waals surface area contributed by atoms with Crippen molar-refractivity contribution in [1.82, 2.24) is 9.62 Å². The van der Waals surface area contributed by atoms with Gasteiger partial charge in [0.1, 0.15) is 4.21 Å². The molecule has 0 aromatic carbocycles. The first-order chi connectivity index (χ1) is 9.97. The second-order valence-electron chi connectivity index (χ2n) is 5.31. The maximum atomic E-state index is 12.8. The molecule has 0 bridgehead atoms. The Balaban J connectivity index is 3.00. The SMILES string of the molecule is CCCCN(CCCC)S(=O)(=O)c1cc(C)c(CNC)s1. The van der Waals surface area contributed by atoms with Gasteiger partial charge in [-0.2, -0.15) is 4.31 Å². The molecule has 1 rings (SSSR count). The largest absolute Gasteiger partial charge is 0.315 e. The molecule has 4 nitrogen and oxygen atoms in total. The van der Waals surface area contributed by atoms with E-state index < -0.39 is 10.0 Å². The average Bonchev–Trinajstić information content (AvgIpc) is 2.81. The summed E-state index contributed by atoms with van der Waals surface area (Å²) < 4.78 is 27.8. The topological polar surface area (TPSA) is 49.4 Å². The molecule has 0 aliphatic heterocycles. The number of sulfonamides is 1. The molecule has 1 aromatic rings. The summed E-state index contributed by atoms with van der Waals surface area (Å²) in [6.45, 7) is 8.12. The first-order valence-electron chi connectivity index (χ1n) is 7.71. The minimum Gasteiger partial charge on any atom is -0.315 e. The summed E-state index contributed by atoms with van der Waals surface area (Å²) in [5.41, 5.74) is 1.05. The van der Waals surface area contributed by atoms with Gasteiger partial charge < -0.3 is 5.32 Å². The Bertz CT molecular complexity index is 516. The van der Waals surface area contributed by atoms with E-state index in [1.54, 1.807) is 4.31 Å². The molecule has 0 fully saturated rings. The van der Waals surface area contributed by atoms with Gasteiger partial charge in [-0.25, -0.2) is 8.42 Å². The summed E-state index contributed by atoms with van der Waals surface area (Å²) >= 11 is 1.39. The molecule has 0 atom stereocenters. The molecule has 0 saturated carbocycles. The normalized spacial score (nSPS) is 12.2. The van der Waals surface area contributed by atoms with Gasteiger partial charge in [0.05, 0.1) is 0 Å². The van der Waals surface area contributed by atoms with E-state index in [-0.39, 0.29) is 0 Å². The van der Waals surface area contributed by atoms with E-state index in [1.165, 1.54) is 11.3 Å². The first-order valence-corrected chi connectivity index (χ1v) is 9.97. The lowest BCUT2D eigenvalue weighted by atomic mass is 10.3. The third-order valence-corrected chi connectivity index (χ3v) is 7.04. The molecule has 0 aliphatic rings. The Morgan fingerprint density at radius 1 is 1.19 bits per heavy atom. The molecule has 1 aromatic heterocycles. The van der Waals surface area contributed by atoms with E-state index in [4.69, 9.17) is 0 Å². The van der Waals surface area contributed by atoms with Crippen molar-refractivity contribution in [2.24, 2.45) is 0 Å². The molecular weight excluding hydrogens is 304 g/mol. The molecule has 0 aliphatic carbocycles. The van der Waals surface area contributed by atoms with Crippen LogP contribution in [0.1, 0.15) is 50.0 Å². The smallest absolute Gasteiger partial charge is 0.252 e. The molecule has 0 spiro atoms. The fourth-order valence-electron chi connectivity index (χ4n) is 2.10. The van der Waals surface area contributed by atoms with Crippen molar-refractivity contribution in [3.8, 4) is 0 Å². The standard InChI is InChI=1S/C15H28N2O2S2/c1-5-7-9-17(10-8-6-2)21(18,19)15-11-13(3)14(20-15)12-16-4/h11,16H,5-10,12H2,1-4H3. The lowest BCUT2D eigenvalue weighted by molar-refractivity contribution is 0.396. The van der Waals surface area contributed by atoms with Gasteiger partial charge in [-0.1, -0.05) is 26.7 Å². The summed E-state index contributed by atoms with van der Waals surface area (Å²) in [5, 5.41) is 3.09. The van der Waals surface area contributed by atoms with Gasteiger partial charge in [-0.3, -0.25) is 0 Å². The summed E-state index contributed by atoms with van der Waals surface area (Å²) in [6.07, 6.45) is 3.84. The molecular formula is C15H28N2O2S2. The van der Waals surface area contributed by atoms with Crippen LogP contribution >= 0.6 is 11.3 Å². The van der Waals surface area contributed by atoms with Crippen LogP contribution in [0, 0.1) is 6.92 Å². The third-order valence-electron chi connectivity index (χ3n) is 3.45. The number of hydrogen-bond acceptors (Lipinski definition) is 4. The van der Waals surface area contributed by atoms with E-state index >= 15 is 0 Å². The van der Waals surface area contributed by atoms with Crippen LogP contribution in [0.2, 0.25) is 0 Å². The minimum atomic E-state index is -3.34. The molecule has 6 heteroatoms. The Morgan fingerprint density at radius 3 is 2.24 bits per heavy atom. The van der Waals surface area contributed by atoms with E-state index in [0.717, 1.165) is 42.7 Å². The van der Waals surface area contributed by atoms with Crippen LogP contribution in [-0.2, 0) is 16.6 Å². The zero-order chi connectivity index (χ0) is 15.9. The predicted molar refractivity (Wildman–Crippen MR) is 90.4 cm³/mol. The molecule has 1 heterocycles. The highest BCUT2D eigenvalue weighted by atomic mass is 32.2. The number of rotatable bonds is 10. The van der Waals surface area contributed by atoms with Crippen molar-refractivity contribution in [3.63, 3.8) is 0 Å². The van der Waals surface area contributed by atoms with Crippen molar-refractivity contribution in [2.75, 3.05) is 20.1 Å². The molecule has 0 saturated heterocycles. The van der Waals surface area contributed by atoms with Crippen molar-refractivity contribution < 1.29 is 8.42 Å². The number of aryl methyl sites for hydroxylation is 1. The fraction of sp³-hybridized carbons (Fsp3) is 0.733. The number of hydrogen-bond donors (Lipinski definition) is 1. The molecule has 122 valence electrons. The highest BCUT2D eigenvalue weighted by Gasteiger charge is 2.26. The number of nitrogens with zero attached hydrogens (tertiary/aromatic N) is 1. The van der Waals surface area contributed by atoms with E-state index in [9.17, 15) is 8.42 Å². The molecule has 1 N–H and O–H groups in total. The van der Waals surface area contributed by atoms with Crippen LogP contribution in [0.3, 0.4) is 0 Å². The Morgan fingerprint density at radius 2 is 1.76 bits per heavy atom. The van der Waals surface area contributed by atoms with Crippen LogP contribution in [-0.4, -0.2) is 32.9 Å². The van der Waals surface area contributed by atoms with Gasteiger partial charge in [0.25, 0.3) is 10.0 Å². The minimum absolute atomic E-state index is 0.484. The summed E-state index contributed by atoms with van der Waals surface area (Å²) in [4.78, 5) is 1.10. The summed E-state index contributed by atoms with van der Waals surface area (Å²) in [5.74, 6) is 0. The van der Waals surface area contributed by atoms with Crippen LogP contribution in [0.5, 0.6) is 0 Å². The van der Waals surface area contributed by atoms with Crippen LogP contribution in [0.15, 0.2) is 10.3 Å². The quantitative estimate of drug-likeness (QED) is 0.715. The highest BCUT2D eigenvalue weighted by molar-refractivity contribution is 7.91. The number of nitrogens with one attached hydrogen (secondary N) is 1. The van der Waals surface area contributed by atoms with Gasteiger partial charge in [0, 0.05) is 24.5 Å². The molecule has 21 heavy (non-hydrogen) atoms. The molecule has 0 radical (unpaired) electrons. The van der Waals surface area contributed by atoms with Gasteiger partial charge in [0.2, 0.25) is 0 Å². The van der Waals surface area contributed by atoms with Crippen molar-refractivity contribution in [1.29, 1.82) is 0 Å². The lowest BCUT2D eigenvalue weighted by Crippen LogP contribution is -2.32. The van der Waals surface area contributed by atoms with E-state index in [2.05, 4.69) is 19.2 Å². The highest BCUT2D eigenvalue weighted by Crippen LogP contribution is 2.28. The average molecular weight is 333 g/mol. The van der Waals surface area contributed by atoms with Crippen LogP contribution in [0.25, 0.3) is 0 Å². The summed E-state index contributed by atoms with van der Waals surface area (Å²) in [7, 11) is -1.46. The number of unbranched alkanes of at least 4 members (excludes halogenated alkanes) is 2. The third kappa shape index (κ3) is 5.06. The molecule has 0 unspecified atom stereocenters. The van der Waals surface area contributed by atoms with Crippen molar-refractivity contribution >= 4 is 21.4 Å². The van der Waals surface area contributed by atoms with Crippen LogP contribution < -0.4 is 5.32 Å². The fourth-order valence-corrected chi connectivity index (χ4v) is 5.37. The first kappa shape index (κ1) is 18.6. The van der Waals surface area contributed by atoms with Crippen molar-refractivity contribution in [3.05, 3.63) is 16.5 Å². The van der Waals surface area contributed by atoms with Gasteiger partial charge in [-0.15, -0.1) is 11.3 Å². The Hall–Kier alpha value is -0.430. The van der Waals surface area contributed by atoms with Crippen molar-refractivity contribution in [2.45, 2.75) is 57.2 Å². The monoisotopic (exact) mass is 332 g/mol. The lowest BCUT2D eigenvalue weighted by Gasteiger charge is -2.20. The van der Waals surface area contributed by atoms with Gasteiger partial charge >= 0.3 is 0 Å². The second kappa shape index (κ2) is 8.88. The zero-order valence-corrected chi connectivity index (χ0v) is 15.2. The molecule has 0 amide bonds. The van der Waals surface area contributed by atoms with Crippen LogP contribution in [0.4, 0.5) is 0 Å². The van der Waals surface area contributed by atoms with E-state index in [0.29, 0.717) is 17.3 Å².